The van der Waals surface area contributed by atoms with Crippen molar-refractivity contribution in [2.75, 3.05) is 24.3 Å². The topological polar surface area (TPSA) is 65.8 Å². The molecule has 1 N–H and O–H groups in total. The Balaban J connectivity index is 1.91. The Labute approximate surface area is 196 Å². The SMILES string of the molecule is CCC(CC)C(=O)N(Cc1ccccc1)Cc1cc(NC(=O)c2ccco2)ccc1N(C)C. The summed E-state index contributed by atoms with van der Waals surface area (Å²) in [6, 6.07) is 19.1. The number of benzene rings is 2. The molecule has 0 fully saturated rings. The quantitative estimate of drug-likeness (QED) is 0.442. The summed E-state index contributed by atoms with van der Waals surface area (Å²) in [5, 5.41) is 2.89. The lowest BCUT2D eigenvalue weighted by Gasteiger charge is -2.29. The number of furan rings is 1. The summed E-state index contributed by atoms with van der Waals surface area (Å²) in [7, 11) is 3.95. The highest BCUT2D eigenvalue weighted by atomic mass is 16.3. The van der Waals surface area contributed by atoms with Crippen molar-refractivity contribution in [2.24, 2.45) is 5.92 Å². The molecule has 0 saturated heterocycles. The summed E-state index contributed by atoms with van der Waals surface area (Å²) in [6.07, 6.45) is 3.08. The number of carbonyl (C=O) groups excluding carboxylic acids is 2. The molecule has 2 aromatic carbocycles. The van der Waals surface area contributed by atoms with Crippen molar-refractivity contribution in [2.45, 2.75) is 39.8 Å². The van der Waals surface area contributed by atoms with E-state index in [1.54, 1.807) is 12.1 Å². The number of amides is 2. The van der Waals surface area contributed by atoms with Crippen LogP contribution >= 0.6 is 0 Å². The Morgan fingerprint density at radius 1 is 0.939 bits per heavy atom. The number of nitrogens with zero attached hydrogens (tertiary/aromatic N) is 2. The Hall–Kier alpha value is -3.54. The standard InChI is InChI=1S/C27H33N3O3/c1-5-21(6-2)27(32)30(18-20-11-8-7-9-12-20)19-22-17-23(14-15-24(22)29(3)4)28-26(31)25-13-10-16-33-25/h7-17,21H,5-6,18-19H2,1-4H3,(H,28,31). The van der Waals surface area contributed by atoms with E-state index in [2.05, 4.69) is 19.2 Å². The van der Waals surface area contributed by atoms with Gasteiger partial charge in [0.15, 0.2) is 5.76 Å². The van der Waals surface area contributed by atoms with Crippen LogP contribution < -0.4 is 10.2 Å². The molecule has 0 unspecified atom stereocenters. The summed E-state index contributed by atoms with van der Waals surface area (Å²) in [4.78, 5) is 29.9. The summed E-state index contributed by atoms with van der Waals surface area (Å²) in [5.41, 5.74) is 3.71. The highest BCUT2D eigenvalue weighted by molar-refractivity contribution is 6.02. The number of carbonyl (C=O) groups is 2. The lowest BCUT2D eigenvalue weighted by molar-refractivity contribution is -0.137. The first-order valence-electron chi connectivity index (χ1n) is 11.4. The number of hydrogen-bond donors (Lipinski definition) is 1. The zero-order valence-electron chi connectivity index (χ0n) is 19.9. The van der Waals surface area contributed by atoms with Crippen LogP contribution in [0.3, 0.4) is 0 Å². The van der Waals surface area contributed by atoms with Gasteiger partial charge in [-0.2, -0.15) is 0 Å². The van der Waals surface area contributed by atoms with Gasteiger partial charge in [0.25, 0.3) is 5.91 Å². The van der Waals surface area contributed by atoms with Gasteiger partial charge in [-0.25, -0.2) is 0 Å². The minimum absolute atomic E-state index is 0.0154. The highest BCUT2D eigenvalue weighted by Crippen LogP contribution is 2.27. The van der Waals surface area contributed by atoms with Crippen molar-refractivity contribution in [1.29, 1.82) is 0 Å². The van der Waals surface area contributed by atoms with E-state index in [0.717, 1.165) is 29.7 Å². The van der Waals surface area contributed by atoms with E-state index in [-0.39, 0.29) is 23.5 Å². The predicted octanol–water partition coefficient (Wildman–Crippen LogP) is 5.56. The maximum absolute atomic E-state index is 13.4. The monoisotopic (exact) mass is 447 g/mol. The lowest BCUT2D eigenvalue weighted by Crippen LogP contribution is -2.35. The van der Waals surface area contributed by atoms with Crippen molar-refractivity contribution in [3.8, 4) is 0 Å². The summed E-state index contributed by atoms with van der Waals surface area (Å²) in [6.45, 7) is 5.10. The normalized spacial score (nSPS) is 10.8. The van der Waals surface area contributed by atoms with E-state index in [9.17, 15) is 9.59 Å². The van der Waals surface area contributed by atoms with Crippen LogP contribution in [0.1, 0.15) is 48.4 Å². The van der Waals surface area contributed by atoms with Gasteiger partial charge in [0.2, 0.25) is 5.91 Å². The first-order valence-corrected chi connectivity index (χ1v) is 11.4. The Bertz CT molecular complexity index is 1040. The average molecular weight is 448 g/mol. The van der Waals surface area contributed by atoms with Gasteiger partial charge in [0.1, 0.15) is 0 Å². The van der Waals surface area contributed by atoms with Crippen LogP contribution in [0.2, 0.25) is 0 Å². The maximum Gasteiger partial charge on any atom is 0.291 e. The fourth-order valence-corrected chi connectivity index (χ4v) is 3.94. The maximum atomic E-state index is 13.4. The molecule has 0 aliphatic carbocycles. The van der Waals surface area contributed by atoms with Crippen LogP contribution in [0.5, 0.6) is 0 Å². The predicted molar refractivity (Wildman–Crippen MR) is 132 cm³/mol. The third kappa shape index (κ3) is 6.25. The Morgan fingerprint density at radius 2 is 1.67 bits per heavy atom. The van der Waals surface area contributed by atoms with Gasteiger partial charge in [-0.15, -0.1) is 0 Å². The summed E-state index contributed by atoms with van der Waals surface area (Å²) >= 11 is 0. The van der Waals surface area contributed by atoms with Crippen LogP contribution in [-0.4, -0.2) is 30.8 Å². The fourth-order valence-electron chi connectivity index (χ4n) is 3.94. The molecule has 3 rings (SSSR count). The molecule has 0 radical (unpaired) electrons. The van der Waals surface area contributed by atoms with Crippen molar-refractivity contribution in [3.63, 3.8) is 0 Å². The molecule has 1 heterocycles. The van der Waals surface area contributed by atoms with Gasteiger partial charge in [-0.05, 0) is 54.3 Å². The molecule has 2 amide bonds. The van der Waals surface area contributed by atoms with Crippen LogP contribution in [0.4, 0.5) is 11.4 Å². The largest absolute Gasteiger partial charge is 0.459 e. The summed E-state index contributed by atoms with van der Waals surface area (Å²) in [5.74, 6) is 0.0811. The first kappa shape index (κ1) is 24.1. The van der Waals surface area contributed by atoms with Crippen molar-refractivity contribution in [1.82, 2.24) is 4.90 Å². The number of rotatable bonds is 10. The van der Waals surface area contributed by atoms with E-state index in [4.69, 9.17) is 4.42 Å². The molecule has 3 aromatic rings. The second kappa shape index (κ2) is 11.4. The third-order valence-electron chi connectivity index (χ3n) is 5.79. The molecular formula is C27H33N3O3. The molecule has 174 valence electrons. The molecule has 0 spiro atoms. The second-order valence-corrected chi connectivity index (χ2v) is 8.36. The van der Waals surface area contributed by atoms with Crippen molar-refractivity contribution in [3.05, 3.63) is 83.8 Å². The number of anilines is 2. The van der Waals surface area contributed by atoms with E-state index in [1.807, 2.05) is 72.4 Å². The van der Waals surface area contributed by atoms with Crippen molar-refractivity contribution < 1.29 is 14.0 Å². The molecule has 0 aliphatic heterocycles. The molecule has 0 saturated carbocycles. The van der Waals surface area contributed by atoms with Gasteiger partial charge in [0.05, 0.1) is 6.26 Å². The third-order valence-corrected chi connectivity index (χ3v) is 5.79. The molecule has 6 nitrogen and oxygen atoms in total. The van der Waals surface area contributed by atoms with Gasteiger partial charge in [-0.3, -0.25) is 9.59 Å². The lowest BCUT2D eigenvalue weighted by atomic mass is 10.0. The van der Waals surface area contributed by atoms with E-state index >= 15 is 0 Å². The first-order chi connectivity index (χ1) is 15.9. The number of nitrogens with one attached hydrogen (secondary N) is 1. The summed E-state index contributed by atoms with van der Waals surface area (Å²) < 4.78 is 5.20. The van der Waals surface area contributed by atoms with Crippen LogP contribution in [0.25, 0.3) is 0 Å². The van der Waals surface area contributed by atoms with Gasteiger partial charge in [-0.1, -0.05) is 44.2 Å². The van der Waals surface area contributed by atoms with Crippen molar-refractivity contribution >= 4 is 23.2 Å². The van der Waals surface area contributed by atoms with E-state index < -0.39 is 0 Å². The molecule has 33 heavy (non-hydrogen) atoms. The highest BCUT2D eigenvalue weighted by Gasteiger charge is 2.23. The molecule has 0 atom stereocenters. The van der Waals surface area contributed by atoms with Gasteiger partial charge in [0, 0.05) is 44.5 Å². The minimum atomic E-state index is -0.308. The minimum Gasteiger partial charge on any atom is -0.459 e. The number of hydrogen-bond acceptors (Lipinski definition) is 4. The molecule has 6 heteroatoms. The van der Waals surface area contributed by atoms with Gasteiger partial charge < -0.3 is 19.5 Å². The molecule has 1 aromatic heterocycles. The Kier molecular flexibility index (Phi) is 8.30. The van der Waals surface area contributed by atoms with Crippen LogP contribution in [0, 0.1) is 5.92 Å². The average Bonchev–Trinajstić information content (AvgIpc) is 3.35. The van der Waals surface area contributed by atoms with E-state index in [1.165, 1.54) is 6.26 Å². The van der Waals surface area contributed by atoms with E-state index in [0.29, 0.717) is 18.8 Å². The Morgan fingerprint density at radius 3 is 2.27 bits per heavy atom. The van der Waals surface area contributed by atoms with Crippen LogP contribution in [-0.2, 0) is 17.9 Å². The van der Waals surface area contributed by atoms with Gasteiger partial charge >= 0.3 is 0 Å². The smallest absolute Gasteiger partial charge is 0.291 e. The molecule has 0 aliphatic rings. The molecular weight excluding hydrogens is 414 g/mol. The second-order valence-electron chi connectivity index (χ2n) is 8.36. The zero-order valence-corrected chi connectivity index (χ0v) is 19.9. The molecule has 0 bridgehead atoms. The fraction of sp³-hybridized carbons (Fsp3) is 0.333. The zero-order chi connectivity index (χ0) is 23.8. The van der Waals surface area contributed by atoms with Crippen LogP contribution in [0.15, 0.2) is 71.3 Å².